The molecule has 1 rings (SSSR count). The van der Waals surface area contributed by atoms with Crippen molar-refractivity contribution in [3.05, 3.63) is 3.95 Å². The van der Waals surface area contributed by atoms with Gasteiger partial charge in [0.2, 0.25) is 5.13 Å². The molecule has 0 spiro atoms. The number of hydrogen-bond donors (Lipinski definition) is 3. The lowest BCUT2D eigenvalue weighted by molar-refractivity contribution is 1.07. The third kappa shape index (κ3) is 1.03. The molecule has 1 heterocycles. The highest BCUT2D eigenvalue weighted by Crippen LogP contribution is 2.07. The van der Waals surface area contributed by atoms with Gasteiger partial charge in [-0.3, -0.25) is 10.5 Å². The lowest BCUT2D eigenvalue weighted by atomic mass is 11.3. The molecule has 0 aliphatic heterocycles. The number of nitrogens with zero attached hydrogens (tertiary/aromatic N) is 1. The second kappa shape index (κ2) is 2.21. The van der Waals surface area contributed by atoms with Gasteiger partial charge in [0.05, 0.1) is 0 Å². The van der Waals surface area contributed by atoms with Gasteiger partial charge < -0.3 is 0 Å². The van der Waals surface area contributed by atoms with Crippen molar-refractivity contribution in [2.24, 2.45) is 5.84 Å². The van der Waals surface area contributed by atoms with E-state index >= 15 is 0 Å². The number of anilines is 1. The minimum Gasteiger partial charge on any atom is -0.298 e. The number of hydrazine groups is 1. The van der Waals surface area contributed by atoms with Crippen LogP contribution in [-0.4, -0.2) is 10.2 Å². The van der Waals surface area contributed by atoms with E-state index in [4.69, 9.17) is 18.1 Å². The fraction of sp³-hybridized carbons (Fsp3) is 0. The molecule has 4 N–H and O–H groups in total. The number of aromatic nitrogens is 2. The number of aromatic amines is 1. The van der Waals surface area contributed by atoms with Gasteiger partial charge in [-0.2, -0.15) is 0 Å². The van der Waals surface area contributed by atoms with Crippen LogP contribution in [0, 0.1) is 3.95 Å². The molecule has 0 saturated heterocycles. The van der Waals surface area contributed by atoms with Crippen LogP contribution < -0.4 is 11.3 Å². The molecule has 0 fully saturated rings. The Morgan fingerprint density at radius 2 is 2.62 bits per heavy atom. The summed E-state index contributed by atoms with van der Waals surface area (Å²) in [4.78, 5) is 0. The third-order valence-electron chi connectivity index (χ3n) is 0.562. The standard InChI is InChI=1S/C2H4N4S2/c3-4-1-5-6-2(7)8-1/h3H2,(H,4,5)(H,6,7). The number of hydrogen-bond acceptors (Lipinski definition) is 5. The van der Waals surface area contributed by atoms with Crippen molar-refractivity contribution in [3.8, 4) is 0 Å². The largest absolute Gasteiger partial charge is 0.298 e. The highest BCUT2D eigenvalue weighted by molar-refractivity contribution is 7.73. The first-order valence-electron chi connectivity index (χ1n) is 1.85. The quantitative estimate of drug-likeness (QED) is 0.308. The Morgan fingerprint density at radius 3 is 2.88 bits per heavy atom. The Hall–Kier alpha value is -0.460. The molecular weight excluding hydrogens is 144 g/mol. The Bertz CT molecular complexity index is 212. The monoisotopic (exact) mass is 148 g/mol. The molecule has 1 aromatic heterocycles. The number of nitrogens with two attached hydrogens (primary N) is 1. The fourth-order valence-corrected chi connectivity index (χ4v) is 0.991. The molecule has 0 aliphatic carbocycles. The van der Waals surface area contributed by atoms with Crippen molar-refractivity contribution in [3.63, 3.8) is 0 Å². The van der Waals surface area contributed by atoms with Gasteiger partial charge in [0, 0.05) is 0 Å². The van der Waals surface area contributed by atoms with Crippen LogP contribution in [0.2, 0.25) is 0 Å². The second-order valence-corrected chi connectivity index (χ2v) is 2.73. The van der Waals surface area contributed by atoms with Crippen LogP contribution in [0.25, 0.3) is 0 Å². The molecule has 0 bridgehead atoms. The number of nitrogens with one attached hydrogen (secondary N) is 2. The van der Waals surface area contributed by atoms with E-state index in [0.717, 1.165) is 0 Å². The van der Waals surface area contributed by atoms with E-state index in [1.807, 2.05) is 0 Å². The molecule has 0 aromatic carbocycles. The Balaban J connectivity index is 3.01. The van der Waals surface area contributed by atoms with Gasteiger partial charge in [-0.1, -0.05) is 11.3 Å². The van der Waals surface area contributed by atoms with E-state index < -0.39 is 0 Å². The molecule has 4 nitrogen and oxygen atoms in total. The minimum absolute atomic E-state index is 0.606. The number of H-pyrrole nitrogens is 1. The first-order chi connectivity index (χ1) is 3.83. The first-order valence-corrected chi connectivity index (χ1v) is 3.07. The van der Waals surface area contributed by atoms with Crippen molar-refractivity contribution in [1.29, 1.82) is 0 Å². The maximum Gasteiger partial charge on any atom is 0.218 e. The summed E-state index contributed by atoms with van der Waals surface area (Å²) < 4.78 is 0.623. The van der Waals surface area contributed by atoms with Crippen LogP contribution in [0.5, 0.6) is 0 Å². The van der Waals surface area contributed by atoms with Gasteiger partial charge >= 0.3 is 0 Å². The first kappa shape index (κ1) is 5.67. The number of nitrogen functional groups attached to an aromatic ring is 1. The molecule has 0 unspecified atom stereocenters. The summed E-state index contributed by atoms with van der Waals surface area (Å²) in [6.45, 7) is 0. The van der Waals surface area contributed by atoms with Gasteiger partial charge in [-0.25, -0.2) is 5.84 Å². The maximum absolute atomic E-state index is 4.99. The maximum atomic E-state index is 4.99. The Kier molecular flexibility index (Phi) is 1.56. The van der Waals surface area contributed by atoms with Crippen molar-refractivity contribution in [1.82, 2.24) is 10.2 Å². The van der Waals surface area contributed by atoms with Crippen LogP contribution >= 0.6 is 23.6 Å². The summed E-state index contributed by atoms with van der Waals surface area (Å²) in [6, 6.07) is 0. The average Bonchev–Trinajstić information content (AvgIpc) is 2.14. The molecule has 0 saturated carbocycles. The van der Waals surface area contributed by atoms with E-state index in [0.29, 0.717) is 9.09 Å². The van der Waals surface area contributed by atoms with Crippen molar-refractivity contribution < 1.29 is 0 Å². The summed E-state index contributed by atoms with van der Waals surface area (Å²) in [5.41, 5.74) is 2.36. The molecule has 6 heteroatoms. The van der Waals surface area contributed by atoms with Gasteiger partial charge in [0.15, 0.2) is 3.95 Å². The normalized spacial score (nSPS) is 9.12. The fourth-order valence-electron chi connectivity index (χ4n) is 0.292. The summed E-state index contributed by atoms with van der Waals surface area (Å²) in [5, 5.41) is 6.85. The molecule has 0 radical (unpaired) electrons. The molecule has 44 valence electrons. The molecule has 0 amide bonds. The predicted octanol–water partition coefficient (Wildman–Crippen LogP) is 0.486. The third-order valence-corrected chi connectivity index (χ3v) is 1.58. The SMILES string of the molecule is NNc1n[nH]c(=S)s1. The lowest BCUT2D eigenvalue weighted by Gasteiger charge is -1.82. The highest BCUT2D eigenvalue weighted by Gasteiger charge is 1.88. The van der Waals surface area contributed by atoms with Gasteiger partial charge in [-0.15, -0.1) is 5.10 Å². The van der Waals surface area contributed by atoms with E-state index in [1.165, 1.54) is 11.3 Å². The second-order valence-electron chi connectivity index (χ2n) is 1.06. The molecule has 1 aromatic rings. The van der Waals surface area contributed by atoms with E-state index in [9.17, 15) is 0 Å². The predicted molar refractivity (Wildman–Crippen MR) is 35.1 cm³/mol. The summed E-state index contributed by atoms with van der Waals surface area (Å²) in [7, 11) is 0. The van der Waals surface area contributed by atoms with E-state index in [-0.39, 0.29) is 0 Å². The van der Waals surface area contributed by atoms with Crippen LogP contribution in [0.3, 0.4) is 0 Å². The summed E-state index contributed by atoms with van der Waals surface area (Å²) in [5.74, 6) is 4.99. The lowest BCUT2D eigenvalue weighted by Crippen LogP contribution is -2.05. The zero-order chi connectivity index (χ0) is 5.98. The number of rotatable bonds is 1. The average molecular weight is 148 g/mol. The molecular formula is C2H4N4S2. The Morgan fingerprint density at radius 1 is 1.88 bits per heavy atom. The van der Waals surface area contributed by atoms with Crippen LogP contribution in [0.1, 0.15) is 0 Å². The zero-order valence-corrected chi connectivity index (χ0v) is 5.47. The molecule has 0 atom stereocenters. The van der Waals surface area contributed by atoms with Gasteiger partial charge in [0.1, 0.15) is 0 Å². The molecule has 0 aliphatic rings. The summed E-state index contributed by atoms with van der Waals surface area (Å²) in [6.07, 6.45) is 0. The van der Waals surface area contributed by atoms with E-state index in [2.05, 4.69) is 15.6 Å². The van der Waals surface area contributed by atoms with Crippen LogP contribution in [-0.2, 0) is 0 Å². The van der Waals surface area contributed by atoms with Crippen molar-refractivity contribution >= 4 is 28.7 Å². The zero-order valence-electron chi connectivity index (χ0n) is 3.84. The summed E-state index contributed by atoms with van der Waals surface area (Å²) >= 11 is 6.00. The van der Waals surface area contributed by atoms with E-state index in [1.54, 1.807) is 0 Å². The minimum atomic E-state index is 0.606. The van der Waals surface area contributed by atoms with Gasteiger partial charge in [0.25, 0.3) is 0 Å². The van der Waals surface area contributed by atoms with Crippen LogP contribution in [0.4, 0.5) is 5.13 Å². The van der Waals surface area contributed by atoms with Crippen molar-refractivity contribution in [2.45, 2.75) is 0 Å². The van der Waals surface area contributed by atoms with Crippen LogP contribution in [0.15, 0.2) is 0 Å². The topological polar surface area (TPSA) is 66.7 Å². The highest BCUT2D eigenvalue weighted by atomic mass is 32.1. The molecule has 8 heavy (non-hydrogen) atoms. The van der Waals surface area contributed by atoms with Crippen molar-refractivity contribution in [2.75, 3.05) is 5.43 Å². The smallest absolute Gasteiger partial charge is 0.218 e. The van der Waals surface area contributed by atoms with Gasteiger partial charge in [-0.05, 0) is 12.2 Å². The Labute approximate surface area is 54.7 Å².